The summed E-state index contributed by atoms with van der Waals surface area (Å²) in [7, 11) is 0. The number of amides is 1. The maximum absolute atomic E-state index is 13.5. The van der Waals surface area contributed by atoms with E-state index in [1.165, 1.54) is 4.90 Å². The van der Waals surface area contributed by atoms with Gasteiger partial charge in [-0.1, -0.05) is 48.0 Å². The highest BCUT2D eigenvalue weighted by atomic mass is 35.5. The van der Waals surface area contributed by atoms with Gasteiger partial charge in [0, 0.05) is 38.4 Å². The SMILES string of the molecule is Cc1[nH]c2ccccc2c1C1/C(=C(\O)c2cccc(OC(C)C)c2)C(=O)C(=O)N1c1cccc(Cl)c1. The number of hydrogen-bond acceptors (Lipinski definition) is 4. The Hall–Kier alpha value is -4.03. The second kappa shape index (κ2) is 9.21. The summed E-state index contributed by atoms with van der Waals surface area (Å²) in [4.78, 5) is 31.8. The highest BCUT2D eigenvalue weighted by Gasteiger charge is 2.48. The van der Waals surface area contributed by atoms with Crippen LogP contribution in [0.1, 0.15) is 36.7 Å². The van der Waals surface area contributed by atoms with Crippen LogP contribution in [0.25, 0.3) is 16.7 Å². The van der Waals surface area contributed by atoms with E-state index < -0.39 is 17.7 Å². The van der Waals surface area contributed by atoms with Crippen LogP contribution in [0.2, 0.25) is 5.02 Å². The standard InChI is InChI=1S/C29H25ClN2O4/c1-16(2)36-21-11-6-8-18(14-21)27(33)25-26(24-17(3)31-23-13-5-4-12-22(23)24)32(29(35)28(25)34)20-10-7-9-19(30)15-20/h4-16,26,31,33H,1-3H3/b27-25+. The summed E-state index contributed by atoms with van der Waals surface area (Å²) in [6.45, 7) is 5.70. The molecule has 1 fully saturated rings. The molecule has 1 aliphatic rings. The summed E-state index contributed by atoms with van der Waals surface area (Å²) >= 11 is 6.26. The van der Waals surface area contributed by atoms with Crippen molar-refractivity contribution in [2.75, 3.05) is 4.90 Å². The number of fused-ring (bicyclic) bond motifs is 1. The summed E-state index contributed by atoms with van der Waals surface area (Å²) in [6.07, 6.45) is -0.0651. The fraction of sp³-hybridized carbons (Fsp3) is 0.172. The molecule has 4 aromatic rings. The zero-order chi connectivity index (χ0) is 25.6. The van der Waals surface area contributed by atoms with Crippen molar-refractivity contribution in [1.29, 1.82) is 0 Å². The number of nitrogens with zero attached hydrogens (tertiary/aromatic N) is 1. The second-order valence-electron chi connectivity index (χ2n) is 9.05. The molecule has 1 amide bonds. The number of aliphatic hydroxyl groups excluding tert-OH is 1. The highest BCUT2D eigenvalue weighted by Crippen LogP contribution is 2.46. The van der Waals surface area contributed by atoms with Crippen LogP contribution < -0.4 is 9.64 Å². The number of ketones is 1. The topological polar surface area (TPSA) is 82.6 Å². The first kappa shape index (κ1) is 23.7. The highest BCUT2D eigenvalue weighted by molar-refractivity contribution is 6.52. The van der Waals surface area contributed by atoms with Gasteiger partial charge >= 0.3 is 0 Å². The molecule has 3 aromatic carbocycles. The van der Waals surface area contributed by atoms with Crippen LogP contribution in [0.4, 0.5) is 5.69 Å². The van der Waals surface area contributed by atoms with Gasteiger partial charge < -0.3 is 14.8 Å². The number of nitrogens with one attached hydrogen (secondary N) is 1. The van der Waals surface area contributed by atoms with E-state index in [0.29, 0.717) is 22.0 Å². The Kier molecular flexibility index (Phi) is 6.06. The number of halogens is 1. The lowest BCUT2D eigenvalue weighted by molar-refractivity contribution is -0.132. The average Bonchev–Trinajstić information content (AvgIpc) is 3.30. The molecular formula is C29H25ClN2O4. The van der Waals surface area contributed by atoms with Crippen LogP contribution in [0.5, 0.6) is 5.75 Å². The van der Waals surface area contributed by atoms with Crippen molar-refractivity contribution in [1.82, 2.24) is 4.98 Å². The third-order valence-electron chi connectivity index (χ3n) is 6.23. The van der Waals surface area contributed by atoms with Crippen molar-refractivity contribution >= 4 is 45.6 Å². The van der Waals surface area contributed by atoms with Crippen LogP contribution in [-0.2, 0) is 9.59 Å². The van der Waals surface area contributed by atoms with Crippen molar-refractivity contribution in [2.45, 2.75) is 32.9 Å². The summed E-state index contributed by atoms with van der Waals surface area (Å²) in [5, 5.41) is 12.8. The third-order valence-corrected chi connectivity index (χ3v) is 6.46. The van der Waals surface area contributed by atoms with Crippen molar-refractivity contribution < 1.29 is 19.4 Å². The van der Waals surface area contributed by atoms with Crippen LogP contribution in [0.3, 0.4) is 0 Å². The van der Waals surface area contributed by atoms with Crippen LogP contribution in [0, 0.1) is 6.92 Å². The number of anilines is 1. The molecule has 0 radical (unpaired) electrons. The van der Waals surface area contributed by atoms with Gasteiger partial charge in [-0.15, -0.1) is 0 Å². The van der Waals surface area contributed by atoms with Crippen LogP contribution >= 0.6 is 11.6 Å². The van der Waals surface area contributed by atoms with E-state index in [9.17, 15) is 14.7 Å². The van der Waals surface area contributed by atoms with E-state index in [1.807, 2.05) is 45.0 Å². The van der Waals surface area contributed by atoms with Crippen molar-refractivity contribution in [3.8, 4) is 5.75 Å². The number of H-pyrrole nitrogens is 1. The van der Waals surface area contributed by atoms with Gasteiger partial charge in [0.25, 0.3) is 11.7 Å². The molecule has 36 heavy (non-hydrogen) atoms. The molecule has 7 heteroatoms. The predicted octanol–water partition coefficient (Wildman–Crippen LogP) is 6.54. The zero-order valence-corrected chi connectivity index (χ0v) is 20.8. The molecule has 0 aliphatic carbocycles. The number of hydrogen-bond donors (Lipinski definition) is 2. The summed E-state index contributed by atoms with van der Waals surface area (Å²) in [6, 6.07) is 20.5. The number of para-hydroxylation sites is 1. The maximum atomic E-state index is 13.5. The van der Waals surface area contributed by atoms with Gasteiger partial charge in [-0.2, -0.15) is 0 Å². The lowest BCUT2D eigenvalue weighted by Gasteiger charge is -2.26. The minimum Gasteiger partial charge on any atom is -0.507 e. The predicted molar refractivity (Wildman–Crippen MR) is 141 cm³/mol. The number of aliphatic hydroxyl groups is 1. The molecule has 1 saturated heterocycles. The molecule has 0 saturated carbocycles. The Bertz CT molecular complexity index is 1540. The molecule has 182 valence electrons. The largest absolute Gasteiger partial charge is 0.507 e. The van der Waals surface area contributed by atoms with Crippen molar-refractivity contribution in [3.63, 3.8) is 0 Å². The minimum absolute atomic E-state index is 0.00882. The van der Waals surface area contributed by atoms with E-state index >= 15 is 0 Å². The van der Waals surface area contributed by atoms with Crippen molar-refractivity contribution in [3.05, 3.63) is 100 Å². The zero-order valence-electron chi connectivity index (χ0n) is 20.1. The fourth-order valence-corrected chi connectivity index (χ4v) is 4.98. The van der Waals surface area contributed by atoms with Crippen molar-refractivity contribution in [2.24, 2.45) is 0 Å². The Labute approximate surface area is 213 Å². The van der Waals surface area contributed by atoms with Gasteiger partial charge in [-0.3, -0.25) is 14.5 Å². The number of carbonyl (C=O) groups excluding carboxylic acids is 2. The minimum atomic E-state index is -0.866. The van der Waals surface area contributed by atoms with Gasteiger partial charge in [0.05, 0.1) is 17.7 Å². The van der Waals surface area contributed by atoms with Gasteiger partial charge in [0.15, 0.2) is 0 Å². The number of rotatable bonds is 5. The third kappa shape index (κ3) is 4.03. The number of carbonyl (C=O) groups is 2. The number of aromatic nitrogens is 1. The van der Waals surface area contributed by atoms with E-state index in [-0.39, 0.29) is 17.4 Å². The van der Waals surface area contributed by atoms with Gasteiger partial charge in [-0.25, -0.2) is 0 Å². The van der Waals surface area contributed by atoms with E-state index in [0.717, 1.165) is 22.2 Å². The van der Waals surface area contributed by atoms with Crippen LogP contribution in [-0.4, -0.2) is 27.9 Å². The summed E-state index contributed by atoms with van der Waals surface area (Å²) in [5.74, 6) is -1.21. The van der Waals surface area contributed by atoms with E-state index in [1.54, 1.807) is 48.5 Å². The number of ether oxygens (including phenoxy) is 1. The normalized spacial score (nSPS) is 17.4. The monoisotopic (exact) mass is 500 g/mol. The Morgan fingerprint density at radius 3 is 2.53 bits per heavy atom. The molecule has 1 aromatic heterocycles. The number of benzene rings is 3. The lowest BCUT2D eigenvalue weighted by Crippen LogP contribution is -2.29. The molecular weight excluding hydrogens is 476 g/mol. The first-order valence-electron chi connectivity index (χ1n) is 11.7. The number of aromatic amines is 1. The van der Waals surface area contributed by atoms with Gasteiger partial charge in [0.1, 0.15) is 11.5 Å². The quantitative estimate of drug-likeness (QED) is 0.185. The fourth-order valence-electron chi connectivity index (χ4n) is 4.79. The molecule has 0 bridgehead atoms. The molecule has 1 atom stereocenters. The van der Waals surface area contributed by atoms with Gasteiger partial charge in [0.2, 0.25) is 0 Å². The van der Waals surface area contributed by atoms with E-state index in [2.05, 4.69) is 4.98 Å². The van der Waals surface area contributed by atoms with Gasteiger partial charge in [-0.05, 0) is 57.2 Å². The first-order chi connectivity index (χ1) is 17.3. The maximum Gasteiger partial charge on any atom is 0.300 e. The Morgan fingerprint density at radius 2 is 1.78 bits per heavy atom. The summed E-state index contributed by atoms with van der Waals surface area (Å²) < 4.78 is 5.78. The second-order valence-corrected chi connectivity index (χ2v) is 9.49. The van der Waals surface area contributed by atoms with E-state index in [4.69, 9.17) is 16.3 Å². The average molecular weight is 501 g/mol. The molecule has 2 heterocycles. The first-order valence-corrected chi connectivity index (χ1v) is 12.0. The lowest BCUT2D eigenvalue weighted by atomic mass is 9.93. The Balaban J connectivity index is 1.78. The molecule has 2 N–H and O–H groups in total. The molecule has 6 nitrogen and oxygen atoms in total. The number of aryl methyl sites for hydroxylation is 1. The Morgan fingerprint density at radius 1 is 1.03 bits per heavy atom. The molecule has 1 aliphatic heterocycles. The molecule has 1 unspecified atom stereocenters. The summed E-state index contributed by atoms with van der Waals surface area (Å²) in [5.41, 5.74) is 3.26. The van der Waals surface area contributed by atoms with Crippen LogP contribution in [0.15, 0.2) is 78.4 Å². The number of Topliss-reactive ketones (excluding diaryl/α,β-unsaturated/α-hetero) is 1. The smallest absolute Gasteiger partial charge is 0.300 e. The molecule has 0 spiro atoms. The molecule has 5 rings (SSSR count).